The maximum atomic E-state index is 11.5. The highest BCUT2D eigenvalue weighted by atomic mass is 16.5. The minimum atomic E-state index is -0.270. The summed E-state index contributed by atoms with van der Waals surface area (Å²) in [5.41, 5.74) is 0. The Kier molecular flexibility index (Phi) is 7.32. The average molecular weight is 264 g/mol. The predicted molar refractivity (Wildman–Crippen MR) is 71.8 cm³/mol. The lowest BCUT2D eigenvalue weighted by Gasteiger charge is -2.04. The molecule has 0 saturated carbocycles. The number of unbranched alkanes of at least 4 members (excludes halogenated alkanes) is 1. The van der Waals surface area contributed by atoms with Crippen LogP contribution in [-0.4, -0.2) is 18.5 Å². The number of hydrogen-bond acceptors (Lipinski definition) is 4. The lowest BCUT2D eigenvalue weighted by atomic mass is 10.2. The molecule has 1 aromatic carbocycles. The second-order valence-electron chi connectivity index (χ2n) is 4.21. The van der Waals surface area contributed by atoms with Crippen molar-refractivity contribution in [1.29, 1.82) is 0 Å². The molecule has 19 heavy (non-hydrogen) atoms. The van der Waals surface area contributed by atoms with Gasteiger partial charge in [0.15, 0.2) is 0 Å². The predicted octanol–water partition coefficient (Wildman–Crippen LogP) is 3.11. The van der Waals surface area contributed by atoms with Gasteiger partial charge in [-0.2, -0.15) is 0 Å². The fraction of sp³-hybridized carbons (Fsp3) is 0.467. The third kappa shape index (κ3) is 7.24. The Morgan fingerprint density at radius 3 is 2.26 bits per heavy atom. The van der Waals surface area contributed by atoms with E-state index >= 15 is 0 Å². The summed E-state index contributed by atoms with van der Waals surface area (Å²) in [7, 11) is 0. The lowest BCUT2D eigenvalue weighted by Crippen LogP contribution is -2.08. The van der Waals surface area contributed by atoms with Gasteiger partial charge in [0, 0.05) is 12.8 Å². The first kappa shape index (κ1) is 15.2. The third-order valence-electron chi connectivity index (χ3n) is 2.45. The molecule has 1 aromatic rings. The molecule has 0 fully saturated rings. The summed E-state index contributed by atoms with van der Waals surface area (Å²) >= 11 is 0. The highest BCUT2D eigenvalue weighted by Crippen LogP contribution is 2.10. The van der Waals surface area contributed by atoms with Crippen molar-refractivity contribution in [2.24, 2.45) is 0 Å². The van der Waals surface area contributed by atoms with Crippen molar-refractivity contribution in [3.63, 3.8) is 0 Å². The van der Waals surface area contributed by atoms with Crippen LogP contribution in [-0.2, 0) is 14.3 Å². The Morgan fingerprint density at radius 2 is 1.63 bits per heavy atom. The summed E-state index contributed by atoms with van der Waals surface area (Å²) in [5, 5.41) is 0. The van der Waals surface area contributed by atoms with Crippen molar-refractivity contribution in [2.75, 3.05) is 6.61 Å². The SMILES string of the molecule is CCCOC(=O)CCCCC(=O)Oc1ccccc1. The van der Waals surface area contributed by atoms with Crippen LogP contribution in [0.2, 0.25) is 0 Å². The first-order chi connectivity index (χ1) is 9.22. The van der Waals surface area contributed by atoms with Gasteiger partial charge in [0.25, 0.3) is 0 Å². The zero-order valence-electron chi connectivity index (χ0n) is 11.3. The molecule has 0 saturated heterocycles. The van der Waals surface area contributed by atoms with E-state index in [0.29, 0.717) is 38.0 Å². The maximum absolute atomic E-state index is 11.5. The Labute approximate surface area is 113 Å². The van der Waals surface area contributed by atoms with Gasteiger partial charge in [-0.15, -0.1) is 0 Å². The van der Waals surface area contributed by atoms with E-state index in [2.05, 4.69) is 0 Å². The normalized spacial score (nSPS) is 9.95. The molecular weight excluding hydrogens is 244 g/mol. The van der Waals surface area contributed by atoms with Crippen molar-refractivity contribution in [1.82, 2.24) is 0 Å². The van der Waals surface area contributed by atoms with E-state index in [9.17, 15) is 9.59 Å². The molecule has 0 unspecified atom stereocenters. The molecule has 0 bridgehead atoms. The molecule has 0 aliphatic heterocycles. The van der Waals surface area contributed by atoms with Gasteiger partial charge in [-0.05, 0) is 31.4 Å². The number of rotatable bonds is 8. The minimum Gasteiger partial charge on any atom is -0.466 e. The molecule has 0 aliphatic rings. The van der Waals surface area contributed by atoms with Crippen LogP contribution in [0.15, 0.2) is 30.3 Å². The monoisotopic (exact) mass is 264 g/mol. The van der Waals surface area contributed by atoms with E-state index in [1.54, 1.807) is 12.1 Å². The number of carbonyl (C=O) groups excluding carboxylic acids is 2. The fourth-order valence-electron chi connectivity index (χ4n) is 1.50. The zero-order valence-corrected chi connectivity index (χ0v) is 11.3. The largest absolute Gasteiger partial charge is 0.466 e. The molecular formula is C15H20O4. The van der Waals surface area contributed by atoms with Crippen LogP contribution in [0.4, 0.5) is 0 Å². The molecule has 0 heterocycles. The first-order valence-electron chi connectivity index (χ1n) is 6.63. The number of para-hydroxylation sites is 1. The molecule has 0 amide bonds. The average Bonchev–Trinajstić information content (AvgIpc) is 2.42. The van der Waals surface area contributed by atoms with Crippen LogP contribution in [0.3, 0.4) is 0 Å². The van der Waals surface area contributed by atoms with Gasteiger partial charge in [-0.1, -0.05) is 25.1 Å². The van der Waals surface area contributed by atoms with Gasteiger partial charge in [-0.25, -0.2) is 0 Å². The highest BCUT2D eigenvalue weighted by Gasteiger charge is 2.06. The lowest BCUT2D eigenvalue weighted by molar-refractivity contribution is -0.144. The second-order valence-corrected chi connectivity index (χ2v) is 4.21. The summed E-state index contributed by atoms with van der Waals surface area (Å²) in [4.78, 5) is 22.7. The number of benzene rings is 1. The van der Waals surface area contributed by atoms with Gasteiger partial charge in [0.1, 0.15) is 5.75 Å². The number of esters is 2. The van der Waals surface area contributed by atoms with E-state index < -0.39 is 0 Å². The molecule has 0 aromatic heterocycles. The molecule has 0 atom stereocenters. The van der Waals surface area contributed by atoms with Gasteiger partial charge in [0.2, 0.25) is 0 Å². The molecule has 4 nitrogen and oxygen atoms in total. The Bertz CT molecular complexity index is 386. The smallest absolute Gasteiger partial charge is 0.311 e. The van der Waals surface area contributed by atoms with Gasteiger partial charge in [-0.3, -0.25) is 9.59 Å². The summed E-state index contributed by atoms with van der Waals surface area (Å²) < 4.78 is 10.1. The van der Waals surface area contributed by atoms with Crippen LogP contribution in [0.25, 0.3) is 0 Å². The third-order valence-corrected chi connectivity index (χ3v) is 2.45. The van der Waals surface area contributed by atoms with E-state index in [4.69, 9.17) is 9.47 Å². The summed E-state index contributed by atoms with van der Waals surface area (Å²) in [6.07, 6.45) is 2.78. The van der Waals surface area contributed by atoms with Crippen molar-refractivity contribution >= 4 is 11.9 Å². The van der Waals surface area contributed by atoms with Crippen LogP contribution in [0.5, 0.6) is 5.75 Å². The zero-order chi connectivity index (χ0) is 13.9. The number of ether oxygens (including phenoxy) is 2. The standard InChI is InChI=1S/C15H20O4/c1-2-12-18-14(16)10-6-7-11-15(17)19-13-8-4-3-5-9-13/h3-5,8-9H,2,6-7,10-12H2,1H3. The minimum absolute atomic E-state index is 0.196. The molecule has 4 heteroatoms. The van der Waals surface area contributed by atoms with Crippen LogP contribution in [0, 0.1) is 0 Å². The van der Waals surface area contributed by atoms with Crippen molar-refractivity contribution in [2.45, 2.75) is 39.0 Å². The summed E-state index contributed by atoms with van der Waals surface area (Å²) in [6.45, 7) is 2.42. The number of carbonyl (C=O) groups is 2. The van der Waals surface area contributed by atoms with Crippen LogP contribution in [0.1, 0.15) is 39.0 Å². The Balaban J connectivity index is 2.09. The molecule has 0 aliphatic carbocycles. The van der Waals surface area contributed by atoms with E-state index in [-0.39, 0.29) is 11.9 Å². The first-order valence-corrected chi connectivity index (χ1v) is 6.63. The van der Waals surface area contributed by atoms with Crippen molar-refractivity contribution in [3.05, 3.63) is 30.3 Å². The maximum Gasteiger partial charge on any atom is 0.311 e. The van der Waals surface area contributed by atoms with Crippen molar-refractivity contribution < 1.29 is 19.1 Å². The molecule has 1 rings (SSSR count). The van der Waals surface area contributed by atoms with Crippen LogP contribution < -0.4 is 4.74 Å². The second kappa shape index (κ2) is 9.14. The Hall–Kier alpha value is -1.84. The quantitative estimate of drug-likeness (QED) is 0.411. The van der Waals surface area contributed by atoms with Crippen LogP contribution >= 0.6 is 0 Å². The molecule has 0 N–H and O–H groups in total. The topological polar surface area (TPSA) is 52.6 Å². The molecule has 104 valence electrons. The van der Waals surface area contributed by atoms with Gasteiger partial charge >= 0.3 is 11.9 Å². The van der Waals surface area contributed by atoms with E-state index in [1.165, 1.54) is 0 Å². The molecule has 0 spiro atoms. The Morgan fingerprint density at radius 1 is 1.00 bits per heavy atom. The van der Waals surface area contributed by atoms with E-state index in [0.717, 1.165) is 6.42 Å². The summed E-state index contributed by atoms with van der Waals surface area (Å²) in [5.74, 6) is 0.0845. The fourth-order valence-corrected chi connectivity index (χ4v) is 1.50. The summed E-state index contributed by atoms with van der Waals surface area (Å²) in [6, 6.07) is 8.96. The van der Waals surface area contributed by atoms with Crippen molar-refractivity contribution in [3.8, 4) is 5.75 Å². The van der Waals surface area contributed by atoms with Gasteiger partial charge in [0.05, 0.1) is 6.61 Å². The molecule has 0 radical (unpaired) electrons. The number of hydrogen-bond donors (Lipinski definition) is 0. The van der Waals surface area contributed by atoms with Gasteiger partial charge < -0.3 is 9.47 Å². The highest BCUT2D eigenvalue weighted by molar-refractivity contribution is 5.72. The van der Waals surface area contributed by atoms with E-state index in [1.807, 2.05) is 25.1 Å².